The molecule has 1 heterocycles. The Morgan fingerprint density at radius 2 is 1.00 bits per heavy atom. The molecule has 0 bridgehead atoms. The molecule has 0 unspecified atom stereocenters. The van der Waals surface area contributed by atoms with Gasteiger partial charge in [-0.25, -0.2) is 0 Å². The summed E-state index contributed by atoms with van der Waals surface area (Å²) >= 11 is 23.8. The Labute approximate surface area is 196 Å². The molecule has 0 amide bonds. The molecule has 30 heavy (non-hydrogen) atoms. The Balaban J connectivity index is 1.39. The first-order valence-corrected chi connectivity index (χ1v) is 11.3. The highest BCUT2D eigenvalue weighted by Crippen LogP contribution is 2.24. The van der Waals surface area contributed by atoms with Gasteiger partial charge in [0.15, 0.2) is 11.6 Å². The largest absolute Gasteiger partial charge is 0.300 e. The number of ketones is 2. The molecule has 1 aliphatic rings. The summed E-state index contributed by atoms with van der Waals surface area (Å²) in [5, 5.41) is 1.68. The summed E-state index contributed by atoms with van der Waals surface area (Å²) < 4.78 is 0. The van der Waals surface area contributed by atoms with E-state index < -0.39 is 0 Å². The maximum absolute atomic E-state index is 12.4. The highest BCUT2D eigenvalue weighted by atomic mass is 35.5. The predicted molar refractivity (Wildman–Crippen MR) is 124 cm³/mol. The van der Waals surface area contributed by atoms with E-state index in [1.807, 2.05) is 0 Å². The molecule has 0 spiro atoms. The van der Waals surface area contributed by atoms with Crippen molar-refractivity contribution >= 4 is 58.0 Å². The van der Waals surface area contributed by atoms with E-state index in [0.717, 1.165) is 26.2 Å². The van der Waals surface area contributed by atoms with Gasteiger partial charge in [0.05, 0.1) is 20.1 Å². The van der Waals surface area contributed by atoms with Crippen molar-refractivity contribution in [1.29, 1.82) is 0 Å². The molecule has 3 rings (SSSR count). The maximum Gasteiger partial charge on any atom is 0.164 e. The lowest BCUT2D eigenvalue weighted by Gasteiger charge is -2.34. The molecule has 0 radical (unpaired) electrons. The van der Waals surface area contributed by atoms with Crippen LogP contribution in [0.3, 0.4) is 0 Å². The third-order valence-electron chi connectivity index (χ3n) is 5.26. The van der Waals surface area contributed by atoms with E-state index in [9.17, 15) is 9.59 Å². The van der Waals surface area contributed by atoms with Gasteiger partial charge >= 0.3 is 0 Å². The third-order valence-corrected chi connectivity index (χ3v) is 6.74. The van der Waals surface area contributed by atoms with Gasteiger partial charge in [0.2, 0.25) is 0 Å². The van der Waals surface area contributed by atoms with Crippen LogP contribution in [0.5, 0.6) is 0 Å². The number of rotatable bonds is 8. The molecule has 0 saturated carbocycles. The summed E-state index contributed by atoms with van der Waals surface area (Å²) in [6.07, 6.45) is 0.877. The number of benzene rings is 2. The fourth-order valence-corrected chi connectivity index (χ4v) is 3.98. The van der Waals surface area contributed by atoms with Crippen molar-refractivity contribution in [3.63, 3.8) is 0 Å². The SMILES string of the molecule is O=C(CCN1CCN(CCC(=O)c2ccc(Cl)c(Cl)c2)CC1)c1ccc(Cl)c(Cl)c1. The van der Waals surface area contributed by atoms with Gasteiger partial charge in [0.1, 0.15) is 0 Å². The molecule has 2 aromatic carbocycles. The fraction of sp³-hybridized carbons (Fsp3) is 0.364. The summed E-state index contributed by atoms with van der Waals surface area (Å²) in [4.78, 5) is 29.3. The minimum Gasteiger partial charge on any atom is -0.300 e. The number of halogens is 4. The van der Waals surface area contributed by atoms with Crippen LogP contribution < -0.4 is 0 Å². The molecule has 4 nitrogen and oxygen atoms in total. The fourth-order valence-electron chi connectivity index (χ4n) is 3.38. The second-order valence-electron chi connectivity index (χ2n) is 7.29. The van der Waals surface area contributed by atoms with Gasteiger partial charge in [-0.3, -0.25) is 9.59 Å². The van der Waals surface area contributed by atoms with Gasteiger partial charge in [-0.1, -0.05) is 46.4 Å². The summed E-state index contributed by atoms with van der Waals surface area (Å²) in [5.74, 6) is 0.117. The van der Waals surface area contributed by atoms with Crippen LogP contribution in [0.4, 0.5) is 0 Å². The summed E-state index contributed by atoms with van der Waals surface area (Å²) in [6, 6.07) is 9.95. The average molecular weight is 488 g/mol. The van der Waals surface area contributed by atoms with Crippen molar-refractivity contribution in [3.8, 4) is 0 Å². The first-order chi connectivity index (χ1) is 14.3. The quantitative estimate of drug-likeness (QED) is 0.443. The first-order valence-electron chi connectivity index (χ1n) is 9.74. The molecule has 1 fully saturated rings. The number of carbonyl (C=O) groups excluding carboxylic acids is 2. The summed E-state index contributed by atoms with van der Waals surface area (Å²) in [6.45, 7) is 4.89. The minimum atomic E-state index is 0.0585. The van der Waals surface area contributed by atoms with Crippen LogP contribution in [0, 0.1) is 0 Å². The van der Waals surface area contributed by atoms with Crippen molar-refractivity contribution in [3.05, 3.63) is 67.6 Å². The Morgan fingerprint density at radius 1 is 0.633 bits per heavy atom. The Morgan fingerprint density at radius 3 is 1.33 bits per heavy atom. The monoisotopic (exact) mass is 486 g/mol. The molecule has 2 aromatic rings. The number of hydrogen-bond acceptors (Lipinski definition) is 4. The lowest BCUT2D eigenvalue weighted by atomic mass is 10.1. The molecule has 160 valence electrons. The van der Waals surface area contributed by atoms with Gasteiger partial charge in [-0.05, 0) is 36.4 Å². The van der Waals surface area contributed by atoms with Crippen molar-refractivity contribution in [1.82, 2.24) is 9.80 Å². The Kier molecular flexibility index (Phi) is 8.58. The summed E-state index contributed by atoms with van der Waals surface area (Å²) in [7, 11) is 0. The third kappa shape index (κ3) is 6.43. The molecule has 1 aliphatic heterocycles. The van der Waals surface area contributed by atoms with Crippen LogP contribution in [0.2, 0.25) is 20.1 Å². The standard InChI is InChI=1S/C22H22Cl4N2O2/c23-17-3-1-15(13-19(17)25)21(29)5-7-27-9-11-28(12-10-27)8-6-22(30)16-2-4-18(24)20(26)14-16/h1-4,13-14H,5-12H2. The zero-order valence-corrected chi connectivity index (χ0v) is 19.4. The van der Waals surface area contributed by atoms with Gasteiger partial charge in [-0.2, -0.15) is 0 Å². The van der Waals surface area contributed by atoms with Gasteiger partial charge < -0.3 is 9.80 Å². The second kappa shape index (κ2) is 10.9. The maximum atomic E-state index is 12.4. The highest BCUT2D eigenvalue weighted by Gasteiger charge is 2.19. The average Bonchev–Trinajstić information content (AvgIpc) is 2.74. The van der Waals surface area contributed by atoms with E-state index in [1.54, 1.807) is 36.4 Å². The van der Waals surface area contributed by atoms with Crippen molar-refractivity contribution in [2.75, 3.05) is 39.3 Å². The molecular weight excluding hydrogens is 466 g/mol. The van der Waals surface area contributed by atoms with E-state index in [-0.39, 0.29) is 11.6 Å². The second-order valence-corrected chi connectivity index (χ2v) is 8.92. The van der Waals surface area contributed by atoms with E-state index in [0.29, 0.717) is 57.1 Å². The van der Waals surface area contributed by atoms with Crippen LogP contribution >= 0.6 is 46.4 Å². The normalized spacial score (nSPS) is 15.3. The highest BCUT2D eigenvalue weighted by molar-refractivity contribution is 6.42. The number of piperazine rings is 1. The zero-order valence-electron chi connectivity index (χ0n) is 16.3. The van der Waals surface area contributed by atoms with Crippen molar-refractivity contribution in [2.45, 2.75) is 12.8 Å². The smallest absolute Gasteiger partial charge is 0.164 e. The molecule has 1 saturated heterocycles. The molecule has 0 N–H and O–H groups in total. The molecular formula is C22H22Cl4N2O2. The minimum absolute atomic E-state index is 0.0585. The summed E-state index contributed by atoms with van der Waals surface area (Å²) in [5.41, 5.74) is 1.17. The van der Waals surface area contributed by atoms with Crippen LogP contribution in [0.25, 0.3) is 0 Å². The van der Waals surface area contributed by atoms with Gasteiger partial charge in [0, 0.05) is 63.2 Å². The lowest BCUT2D eigenvalue weighted by molar-refractivity contribution is 0.0885. The van der Waals surface area contributed by atoms with Gasteiger partial charge in [-0.15, -0.1) is 0 Å². The van der Waals surface area contributed by atoms with Crippen LogP contribution in [0.15, 0.2) is 36.4 Å². The topological polar surface area (TPSA) is 40.6 Å². The number of carbonyl (C=O) groups is 2. The number of nitrogens with zero attached hydrogens (tertiary/aromatic N) is 2. The van der Waals surface area contributed by atoms with E-state index in [1.165, 1.54) is 0 Å². The van der Waals surface area contributed by atoms with E-state index in [4.69, 9.17) is 46.4 Å². The van der Waals surface area contributed by atoms with Crippen molar-refractivity contribution in [2.24, 2.45) is 0 Å². The lowest BCUT2D eigenvalue weighted by Crippen LogP contribution is -2.47. The van der Waals surface area contributed by atoms with Crippen LogP contribution in [0.1, 0.15) is 33.6 Å². The number of hydrogen-bond donors (Lipinski definition) is 0. The Bertz CT molecular complexity index is 852. The molecule has 0 aromatic heterocycles. The van der Waals surface area contributed by atoms with Crippen LogP contribution in [-0.2, 0) is 0 Å². The Hall–Kier alpha value is -1.14. The molecule has 0 aliphatic carbocycles. The molecule has 0 atom stereocenters. The van der Waals surface area contributed by atoms with E-state index in [2.05, 4.69) is 9.80 Å². The predicted octanol–water partition coefficient (Wildman–Crippen LogP) is 5.76. The van der Waals surface area contributed by atoms with Crippen molar-refractivity contribution < 1.29 is 9.59 Å². The van der Waals surface area contributed by atoms with Gasteiger partial charge in [0.25, 0.3) is 0 Å². The van der Waals surface area contributed by atoms with E-state index >= 15 is 0 Å². The first kappa shape index (κ1) is 23.5. The van der Waals surface area contributed by atoms with Crippen LogP contribution in [-0.4, -0.2) is 60.6 Å². The molecule has 8 heteroatoms. The number of Topliss-reactive ketones (excluding diaryl/α,β-unsaturated/α-hetero) is 2. The zero-order chi connectivity index (χ0) is 21.7.